The Morgan fingerprint density at radius 1 is 0.903 bits per heavy atom. The van der Waals surface area contributed by atoms with E-state index in [1.165, 1.54) is 4.90 Å². The van der Waals surface area contributed by atoms with Gasteiger partial charge in [0, 0.05) is 10.6 Å². The first-order valence-corrected chi connectivity index (χ1v) is 11.0. The summed E-state index contributed by atoms with van der Waals surface area (Å²) in [6, 6.07) is 13.5. The van der Waals surface area contributed by atoms with Gasteiger partial charge in [0.2, 0.25) is 11.8 Å². The van der Waals surface area contributed by atoms with Crippen molar-refractivity contribution >= 4 is 34.9 Å². The van der Waals surface area contributed by atoms with Crippen LogP contribution < -0.4 is 9.64 Å². The van der Waals surface area contributed by atoms with E-state index in [4.69, 9.17) is 16.3 Å². The first kappa shape index (κ1) is 18.8. The molecule has 1 heterocycles. The van der Waals surface area contributed by atoms with Crippen molar-refractivity contribution < 1.29 is 19.1 Å². The maximum absolute atomic E-state index is 13.2. The van der Waals surface area contributed by atoms with E-state index >= 15 is 0 Å². The first-order chi connectivity index (χ1) is 15.0. The van der Waals surface area contributed by atoms with Crippen LogP contribution in [0.5, 0.6) is 5.75 Å². The predicted molar refractivity (Wildman–Crippen MR) is 115 cm³/mol. The number of hydrogen-bond donors (Lipinski definition) is 0. The standard InChI is InChI=1S/C25H20ClNO4/c26-14-3-1-13(2-4-14)21(28)12-31-16-7-5-15(6-8-16)27-24(29)22-17-9-10-18(20-11-19(17)20)23(22)25(27)30/h1-10,17-20,22-23H,11-12H2/t17-,18-,19-,20+,22-,23+/m1/s1. The minimum Gasteiger partial charge on any atom is -0.485 e. The van der Waals surface area contributed by atoms with E-state index in [1.807, 2.05) is 0 Å². The van der Waals surface area contributed by atoms with Crippen molar-refractivity contribution in [3.8, 4) is 5.75 Å². The molecule has 7 rings (SSSR count). The van der Waals surface area contributed by atoms with Gasteiger partial charge in [0.25, 0.3) is 0 Å². The summed E-state index contributed by atoms with van der Waals surface area (Å²) in [6.45, 7) is -0.107. The number of carbonyl (C=O) groups is 3. The highest BCUT2D eigenvalue weighted by atomic mass is 35.5. The number of rotatable bonds is 5. The van der Waals surface area contributed by atoms with E-state index in [0.717, 1.165) is 6.42 Å². The topological polar surface area (TPSA) is 63.7 Å². The number of anilines is 1. The molecular formula is C25H20ClNO4. The summed E-state index contributed by atoms with van der Waals surface area (Å²) < 4.78 is 5.60. The molecule has 6 heteroatoms. The van der Waals surface area contributed by atoms with E-state index in [2.05, 4.69) is 12.2 Å². The molecule has 3 fully saturated rings. The second-order valence-corrected chi connectivity index (χ2v) is 9.32. The molecule has 156 valence electrons. The van der Waals surface area contributed by atoms with Crippen molar-refractivity contribution in [3.63, 3.8) is 0 Å². The normalized spacial score (nSPS) is 32.1. The third kappa shape index (κ3) is 2.87. The Labute approximate surface area is 184 Å². The number of halogens is 1. The van der Waals surface area contributed by atoms with Gasteiger partial charge in [0.05, 0.1) is 17.5 Å². The number of allylic oxidation sites excluding steroid dienone is 2. The number of amides is 2. The van der Waals surface area contributed by atoms with Crippen LogP contribution in [0, 0.1) is 35.5 Å². The summed E-state index contributed by atoms with van der Waals surface area (Å²) in [5, 5.41) is 0.569. The lowest BCUT2D eigenvalue weighted by molar-refractivity contribution is -0.124. The van der Waals surface area contributed by atoms with Gasteiger partial charge in [-0.25, -0.2) is 0 Å². The predicted octanol–water partition coefficient (Wildman–Crippen LogP) is 4.16. The molecule has 5 aliphatic rings. The fourth-order valence-electron chi connectivity index (χ4n) is 5.77. The molecule has 6 atom stereocenters. The van der Waals surface area contributed by atoms with Crippen LogP contribution in [0.15, 0.2) is 60.7 Å². The van der Waals surface area contributed by atoms with E-state index < -0.39 is 0 Å². The number of nitrogens with zero attached hydrogens (tertiary/aromatic N) is 1. The van der Waals surface area contributed by atoms with Crippen LogP contribution in [0.3, 0.4) is 0 Å². The average molecular weight is 434 g/mol. The Balaban J connectivity index is 1.16. The second kappa shape index (κ2) is 6.79. The van der Waals surface area contributed by atoms with Gasteiger partial charge >= 0.3 is 0 Å². The molecule has 0 aromatic heterocycles. The van der Waals surface area contributed by atoms with Crippen molar-refractivity contribution in [1.82, 2.24) is 0 Å². The third-order valence-corrected chi connectivity index (χ3v) is 7.55. The molecule has 2 amide bonds. The van der Waals surface area contributed by atoms with Gasteiger partial charge < -0.3 is 4.74 Å². The van der Waals surface area contributed by atoms with Gasteiger partial charge in [-0.1, -0.05) is 23.8 Å². The third-order valence-electron chi connectivity index (χ3n) is 7.29. The summed E-state index contributed by atoms with van der Waals surface area (Å²) in [4.78, 5) is 40.0. The maximum Gasteiger partial charge on any atom is 0.238 e. The summed E-state index contributed by atoms with van der Waals surface area (Å²) in [7, 11) is 0. The molecule has 31 heavy (non-hydrogen) atoms. The highest BCUT2D eigenvalue weighted by molar-refractivity contribution is 6.30. The highest BCUT2D eigenvalue weighted by Gasteiger charge is 2.67. The lowest BCUT2D eigenvalue weighted by Gasteiger charge is -2.37. The summed E-state index contributed by atoms with van der Waals surface area (Å²) in [6.07, 6.45) is 5.49. The number of ketones is 1. The van der Waals surface area contributed by atoms with Crippen molar-refractivity contribution in [1.29, 1.82) is 0 Å². The van der Waals surface area contributed by atoms with Crippen LogP contribution in [0.4, 0.5) is 5.69 Å². The molecule has 0 spiro atoms. The molecule has 0 radical (unpaired) electrons. The minimum atomic E-state index is -0.209. The van der Waals surface area contributed by atoms with Crippen molar-refractivity contribution in [2.75, 3.05) is 11.5 Å². The van der Waals surface area contributed by atoms with Crippen molar-refractivity contribution in [2.24, 2.45) is 35.5 Å². The van der Waals surface area contributed by atoms with E-state index in [9.17, 15) is 14.4 Å². The fourth-order valence-corrected chi connectivity index (χ4v) is 5.90. The van der Waals surface area contributed by atoms with Gasteiger partial charge in [-0.05, 0) is 78.6 Å². The Hall–Kier alpha value is -2.92. The molecule has 2 aromatic carbocycles. The monoisotopic (exact) mass is 433 g/mol. The molecule has 1 saturated heterocycles. The summed E-state index contributed by atoms with van der Waals surface area (Å²) >= 11 is 5.85. The number of benzene rings is 2. The van der Waals surface area contributed by atoms with Gasteiger partial charge in [0.1, 0.15) is 5.75 Å². The lowest BCUT2D eigenvalue weighted by atomic mass is 9.63. The van der Waals surface area contributed by atoms with E-state index in [1.54, 1.807) is 48.5 Å². The van der Waals surface area contributed by atoms with Crippen LogP contribution >= 0.6 is 11.6 Å². The van der Waals surface area contributed by atoms with E-state index in [0.29, 0.717) is 33.9 Å². The molecule has 1 aliphatic heterocycles. The smallest absolute Gasteiger partial charge is 0.238 e. The fraction of sp³-hybridized carbons (Fsp3) is 0.320. The molecule has 4 aliphatic carbocycles. The zero-order valence-electron chi connectivity index (χ0n) is 16.6. The number of ether oxygens (including phenoxy) is 1. The first-order valence-electron chi connectivity index (χ1n) is 10.6. The second-order valence-electron chi connectivity index (χ2n) is 8.88. The maximum atomic E-state index is 13.2. The molecule has 2 bridgehead atoms. The van der Waals surface area contributed by atoms with Crippen LogP contribution in [-0.4, -0.2) is 24.2 Å². The molecule has 2 saturated carbocycles. The Morgan fingerprint density at radius 2 is 1.48 bits per heavy atom. The van der Waals surface area contributed by atoms with Crippen molar-refractivity contribution in [2.45, 2.75) is 6.42 Å². The zero-order chi connectivity index (χ0) is 21.3. The molecule has 5 nitrogen and oxygen atoms in total. The summed E-state index contributed by atoms with van der Waals surface area (Å²) in [5.74, 6) is 1.37. The zero-order valence-corrected chi connectivity index (χ0v) is 17.4. The largest absolute Gasteiger partial charge is 0.485 e. The molecule has 2 aromatic rings. The van der Waals surface area contributed by atoms with Gasteiger partial charge in [0.15, 0.2) is 12.4 Å². The van der Waals surface area contributed by atoms with Crippen LogP contribution in [0.25, 0.3) is 0 Å². The number of imide groups is 1. The molecule has 0 unspecified atom stereocenters. The van der Waals surface area contributed by atoms with Crippen molar-refractivity contribution in [3.05, 3.63) is 71.3 Å². The minimum absolute atomic E-state index is 0.0775. The Bertz CT molecular complexity index is 1090. The summed E-state index contributed by atoms with van der Waals surface area (Å²) in [5.41, 5.74) is 1.09. The Kier molecular flexibility index (Phi) is 4.12. The van der Waals surface area contributed by atoms with Crippen LogP contribution in [-0.2, 0) is 9.59 Å². The average Bonchev–Trinajstić information content (AvgIpc) is 3.56. The van der Waals surface area contributed by atoms with Crippen LogP contribution in [0.2, 0.25) is 5.02 Å². The van der Waals surface area contributed by atoms with Gasteiger partial charge in [-0.3, -0.25) is 19.3 Å². The Morgan fingerprint density at radius 3 is 2.06 bits per heavy atom. The number of hydrogen-bond acceptors (Lipinski definition) is 4. The quantitative estimate of drug-likeness (QED) is 0.403. The SMILES string of the molecule is O=C(COc1ccc(N2C(=O)[C@@H]3[C@@H]4C=C[C@H]([C@@H]5C[C@H]45)[C@@H]3C2=O)cc1)c1ccc(Cl)cc1. The van der Waals surface area contributed by atoms with Gasteiger partial charge in [-0.15, -0.1) is 0 Å². The highest BCUT2D eigenvalue weighted by Crippen LogP contribution is 2.65. The van der Waals surface area contributed by atoms with Gasteiger partial charge in [-0.2, -0.15) is 0 Å². The number of carbonyl (C=O) groups excluding carboxylic acids is 3. The molecule has 0 N–H and O–H groups in total. The molecular weight excluding hydrogens is 414 g/mol. The van der Waals surface area contributed by atoms with Crippen LogP contribution in [0.1, 0.15) is 16.8 Å². The lowest BCUT2D eigenvalue weighted by Crippen LogP contribution is -2.40. The number of Topliss-reactive ketones (excluding diaryl/α,β-unsaturated/α-hetero) is 1. The van der Waals surface area contributed by atoms with E-state index in [-0.39, 0.29) is 47.9 Å².